The predicted molar refractivity (Wildman–Crippen MR) is 102 cm³/mol. The Morgan fingerprint density at radius 3 is 2.85 bits per heavy atom. The monoisotopic (exact) mass is 377 g/mol. The summed E-state index contributed by atoms with van der Waals surface area (Å²) in [4.78, 5) is 15.7. The maximum absolute atomic E-state index is 11.4. The van der Waals surface area contributed by atoms with Gasteiger partial charge in [0.2, 0.25) is 5.13 Å². The molecule has 0 radical (unpaired) electrons. The number of carbonyl (C=O) groups excluding carboxylic acids is 1. The van der Waals surface area contributed by atoms with Crippen LogP contribution in [0, 0.1) is 0 Å². The summed E-state index contributed by atoms with van der Waals surface area (Å²) >= 11 is 1.39. The van der Waals surface area contributed by atoms with E-state index in [9.17, 15) is 4.79 Å². The molecule has 2 rings (SSSR count). The highest BCUT2D eigenvalue weighted by Gasteiger charge is 2.07. The summed E-state index contributed by atoms with van der Waals surface area (Å²) in [6, 6.07) is 7.64. The number of ether oxygens (including phenoxy) is 3. The lowest BCUT2D eigenvalue weighted by Crippen LogP contribution is -2.07. The van der Waals surface area contributed by atoms with E-state index in [0.29, 0.717) is 30.6 Å². The predicted octanol–water partition coefficient (Wildman–Crippen LogP) is 3.11. The van der Waals surface area contributed by atoms with Crippen molar-refractivity contribution in [1.29, 1.82) is 0 Å². The van der Waals surface area contributed by atoms with Crippen molar-refractivity contribution in [2.75, 3.05) is 32.4 Å². The van der Waals surface area contributed by atoms with Crippen LogP contribution in [0.5, 0.6) is 5.75 Å². The molecule has 0 bridgehead atoms. The van der Waals surface area contributed by atoms with Gasteiger partial charge in [-0.2, -0.15) is 5.10 Å². The van der Waals surface area contributed by atoms with Crippen LogP contribution in [0.25, 0.3) is 0 Å². The van der Waals surface area contributed by atoms with Crippen LogP contribution in [-0.2, 0) is 20.7 Å². The highest BCUT2D eigenvalue weighted by atomic mass is 32.1. The molecule has 0 saturated heterocycles. The summed E-state index contributed by atoms with van der Waals surface area (Å²) in [6.45, 7) is 3.46. The number of hydrogen-bond donors (Lipinski definition) is 1. The number of nitrogens with zero attached hydrogens (tertiary/aromatic N) is 2. The third kappa shape index (κ3) is 7.20. The van der Waals surface area contributed by atoms with E-state index < -0.39 is 0 Å². The minimum atomic E-state index is -0.280. The maximum atomic E-state index is 11.4. The fourth-order valence-electron chi connectivity index (χ4n) is 2.00. The van der Waals surface area contributed by atoms with Gasteiger partial charge in [-0.05, 0) is 36.8 Å². The lowest BCUT2D eigenvalue weighted by molar-refractivity contribution is -0.142. The van der Waals surface area contributed by atoms with Crippen molar-refractivity contribution >= 4 is 28.7 Å². The van der Waals surface area contributed by atoms with Crippen LogP contribution in [0.15, 0.2) is 34.7 Å². The number of aromatic nitrogens is 1. The first kappa shape index (κ1) is 19.9. The average Bonchev–Trinajstić information content (AvgIpc) is 3.07. The molecule has 0 aliphatic carbocycles. The molecule has 0 unspecified atom stereocenters. The zero-order valence-corrected chi connectivity index (χ0v) is 15.8. The fourth-order valence-corrected chi connectivity index (χ4v) is 2.66. The molecule has 1 heterocycles. The molecule has 8 heteroatoms. The van der Waals surface area contributed by atoms with Crippen molar-refractivity contribution in [2.45, 2.75) is 19.8 Å². The Morgan fingerprint density at radius 2 is 2.12 bits per heavy atom. The minimum Gasteiger partial charge on any atom is -0.494 e. The zero-order valence-electron chi connectivity index (χ0n) is 14.9. The van der Waals surface area contributed by atoms with E-state index in [1.165, 1.54) is 11.3 Å². The molecule has 1 aromatic heterocycles. The lowest BCUT2D eigenvalue weighted by atomic mass is 10.2. The third-order valence-corrected chi connectivity index (χ3v) is 3.99. The third-order valence-electron chi connectivity index (χ3n) is 3.20. The molecule has 0 amide bonds. The smallest absolute Gasteiger partial charge is 0.311 e. The first-order chi connectivity index (χ1) is 12.7. The Balaban J connectivity index is 1.77. The Bertz CT molecular complexity index is 701. The normalized spacial score (nSPS) is 10.8. The van der Waals surface area contributed by atoms with Crippen molar-refractivity contribution in [1.82, 2.24) is 4.98 Å². The van der Waals surface area contributed by atoms with E-state index in [-0.39, 0.29) is 12.4 Å². The number of hydrogen-bond acceptors (Lipinski definition) is 8. The van der Waals surface area contributed by atoms with Gasteiger partial charge in [0.15, 0.2) is 0 Å². The van der Waals surface area contributed by atoms with E-state index in [1.807, 2.05) is 29.6 Å². The molecule has 0 spiro atoms. The molecule has 7 nitrogen and oxygen atoms in total. The van der Waals surface area contributed by atoms with Crippen LogP contribution in [0.1, 0.15) is 24.6 Å². The Labute approximate surface area is 157 Å². The van der Waals surface area contributed by atoms with Crippen LogP contribution in [0.2, 0.25) is 0 Å². The molecule has 26 heavy (non-hydrogen) atoms. The van der Waals surface area contributed by atoms with E-state index in [1.54, 1.807) is 20.2 Å². The first-order valence-electron chi connectivity index (χ1n) is 8.32. The second-order valence-electron chi connectivity index (χ2n) is 5.26. The van der Waals surface area contributed by atoms with Crippen molar-refractivity contribution in [3.63, 3.8) is 0 Å². The van der Waals surface area contributed by atoms with Gasteiger partial charge < -0.3 is 14.2 Å². The molecule has 2 aromatic rings. The fraction of sp³-hybridized carbons (Fsp3) is 0.389. The highest BCUT2D eigenvalue weighted by molar-refractivity contribution is 7.13. The number of rotatable bonds is 11. The van der Waals surface area contributed by atoms with E-state index in [4.69, 9.17) is 14.2 Å². The van der Waals surface area contributed by atoms with Crippen LogP contribution in [-0.4, -0.2) is 44.1 Å². The lowest BCUT2D eigenvalue weighted by Gasteiger charge is -2.05. The van der Waals surface area contributed by atoms with Crippen LogP contribution < -0.4 is 10.2 Å². The molecule has 0 fully saturated rings. The van der Waals surface area contributed by atoms with Gasteiger partial charge in [0.25, 0.3) is 0 Å². The van der Waals surface area contributed by atoms with Crippen molar-refractivity contribution in [2.24, 2.45) is 5.10 Å². The van der Waals surface area contributed by atoms with Gasteiger partial charge in [0.05, 0.1) is 31.5 Å². The number of carbonyl (C=O) groups is 1. The van der Waals surface area contributed by atoms with Gasteiger partial charge in [-0.3, -0.25) is 10.2 Å². The van der Waals surface area contributed by atoms with Crippen LogP contribution in [0.4, 0.5) is 5.13 Å². The van der Waals surface area contributed by atoms with E-state index in [2.05, 4.69) is 15.5 Å². The summed E-state index contributed by atoms with van der Waals surface area (Å²) in [6.07, 6.45) is 2.72. The molecular formula is C18H23N3O4S. The number of anilines is 1. The number of benzene rings is 1. The number of esters is 1. The summed E-state index contributed by atoms with van der Waals surface area (Å²) in [5.41, 5.74) is 4.46. The summed E-state index contributed by atoms with van der Waals surface area (Å²) in [7, 11) is 1.68. The number of methoxy groups -OCH3 is 1. The van der Waals surface area contributed by atoms with Crippen molar-refractivity contribution in [3.05, 3.63) is 40.9 Å². The van der Waals surface area contributed by atoms with Crippen molar-refractivity contribution < 1.29 is 19.0 Å². The molecular weight excluding hydrogens is 354 g/mol. The maximum Gasteiger partial charge on any atom is 0.311 e. The molecule has 0 atom stereocenters. The van der Waals surface area contributed by atoms with Gasteiger partial charge in [-0.15, -0.1) is 11.3 Å². The first-order valence-corrected chi connectivity index (χ1v) is 9.20. The van der Waals surface area contributed by atoms with Crippen molar-refractivity contribution in [3.8, 4) is 5.75 Å². The zero-order chi connectivity index (χ0) is 18.6. The van der Waals surface area contributed by atoms with Gasteiger partial charge in [0.1, 0.15) is 5.75 Å². The molecule has 1 aromatic carbocycles. The van der Waals surface area contributed by atoms with Gasteiger partial charge in [0, 0.05) is 25.5 Å². The van der Waals surface area contributed by atoms with E-state index in [0.717, 1.165) is 17.7 Å². The van der Waals surface area contributed by atoms with Gasteiger partial charge in [-0.1, -0.05) is 0 Å². The van der Waals surface area contributed by atoms with Crippen LogP contribution in [0.3, 0.4) is 0 Å². The second kappa shape index (κ2) is 11.2. The SMILES string of the molecule is CCOC(=O)Cc1csc(NN=Cc2ccc(OCCCOC)cc2)n1. The number of thiazole rings is 1. The largest absolute Gasteiger partial charge is 0.494 e. The van der Waals surface area contributed by atoms with Gasteiger partial charge >= 0.3 is 5.97 Å². The van der Waals surface area contributed by atoms with E-state index >= 15 is 0 Å². The number of nitrogens with one attached hydrogen (secondary N) is 1. The Kier molecular flexibility index (Phi) is 8.57. The average molecular weight is 377 g/mol. The Morgan fingerprint density at radius 1 is 1.31 bits per heavy atom. The topological polar surface area (TPSA) is 82.0 Å². The summed E-state index contributed by atoms with van der Waals surface area (Å²) in [5, 5.41) is 6.59. The second-order valence-corrected chi connectivity index (χ2v) is 6.12. The standard InChI is InChI=1S/C18H23N3O4S/c1-3-24-17(22)11-15-13-26-18(20-15)21-19-12-14-5-7-16(8-6-14)25-10-4-9-23-2/h5-8,12-13H,3-4,9-11H2,1-2H3,(H,20,21). The molecule has 0 aliphatic rings. The molecule has 0 saturated carbocycles. The van der Waals surface area contributed by atoms with Gasteiger partial charge in [-0.25, -0.2) is 4.98 Å². The molecule has 0 aliphatic heterocycles. The summed E-state index contributed by atoms with van der Waals surface area (Å²) in [5.74, 6) is 0.534. The summed E-state index contributed by atoms with van der Waals surface area (Å²) < 4.78 is 15.5. The van der Waals surface area contributed by atoms with Crippen LogP contribution >= 0.6 is 11.3 Å². The quantitative estimate of drug-likeness (QED) is 0.280. The molecule has 140 valence electrons. The Hall–Kier alpha value is -2.45. The molecule has 1 N–H and O–H groups in total. The minimum absolute atomic E-state index is 0.168. The number of hydrazone groups is 1. The highest BCUT2D eigenvalue weighted by Crippen LogP contribution is 2.16.